The number of benzene rings is 1. The van der Waals surface area contributed by atoms with Crippen molar-refractivity contribution >= 4 is 17.5 Å². The fourth-order valence-corrected chi connectivity index (χ4v) is 1.65. The van der Waals surface area contributed by atoms with E-state index in [9.17, 15) is 9.59 Å². The molecule has 0 aromatic heterocycles. The largest absolute Gasteiger partial charge is 0.370 e. The average molecular weight is 234 g/mol. The lowest BCUT2D eigenvalue weighted by atomic mass is 10.0. The van der Waals surface area contributed by atoms with E-state index in [1.807, 2.05) is 32.0 Å². The summed E-state index contributed by atoms with van der Waals surface area (Å²) in [6.45, 7) is 5.55. The summed E-state index contributed by atoms with van der Waals surface area (Å²) in [5, 5.41) is 2.84. The summed E-state index contributed by atoms with van der Waals surface area (Å²) in [5.41, 5.74) is 7.89. The number of aryl methyl sites for hydroxylation is 2. The molecule has 4 heteroatoms. The van der Waals surface area contributed by atoms with Gasteiger partial charge in [-0.3, -0.25) is 9.59 Å². The van der Waals surface area contributed by atoms with Crippen LogP contribution in [0.2, 0.25) is 0 Å². The van der Waals surface area contributed by atoms with Gasteiger partial charge >= 0.3 is 0 Å². The summed E-state index contributed by atoms with van der Waals surface area (Å²) in [6.07, 6.45) is 0.0662. The van der Waals surface area contributed by atoms with Crippen molar-refractivity contribution in [1.29, 1.82) is 0 Å². The Bertz CT molecular complexity index is 421. The third-order valence-corrected chi connectivity index (χ3v) is 2.68. The molecule has 1 aromatic carbocycles. The zero-order valence-corrected chi connectivity index (χ0v) is 10.4. The van der Waals surface area contributed by atoms with E-state index in [1.165, 1.54) is 0 Å². The molecule has 0 fully saturated rings. The van der Waals surface area contributed by atoms with Crippen LogP contribution >= 0.6 is 0 Å². The number of carbonyl (C=O) groups is 2. The molecule has 0 heterocycles. The second-order valence-corrected chi connectivity index (χ2v) is 4.33. The van der Waals surface area contributed by atoms with Gasteiger partial charge in [0, 0.05) is 18.0 Å². The number of hydrogen-bond acceptors (Lipinski definition) is 2. The van der Waals surface area contributed by atoms with Gasteiger partial charge in [-0.1, -0.05) is 25.1 Å². The molecule has 0 aliphatic carbocycles. The van der Waals surface area contributed by atoms with E-state index >= 15 is 0 Å². The molecule has 17 heavy (non-hydrogen) atoms. The third-order valence-electron chi connectivity index (χ3n) is 2.68. The molecule has 0 spiro atoms. The Hall–Kier alpha value is -1.84. The molecule has 0 aliphatic heterocycles. The first kappa shape index (κ1) is 13.2. The smallest absolute Gasteiger partial charge is 0.227 e. The summed E-state index contributed by atoms with van der Waals surface area (Å²) in [6, 6.07) is 5.80. The molecule has 92 valence electrons. The van der Waals surface area contributed by atoms with Crippen LogP contribution in [-0.4, -0.2) is 11.8 Å². The molecule has 1 unspecified atom stereocenters. The minimum atomic E-state index is -0.464. The van der Waals surface area contributed by atoms with Crippen LogP contribution in [0.15, 0.2) is 18.2 Å². The molecule has 2 amide bonds. The summed E-state index contributed by atoms with van der Waals surface area (Å²) in [4.78, 5) is 22.6. The molecule has 4 nitrogen and oxygen atoms in total. The Balaban J connectivity index is 2.78. The Morgan fingerprint density at radius 3 is 2.29 bits per heavy atom. The van der Waals surface area contributed by atoms with Gasteiger partial charge in [0.1, 0.15) is 0 Å². The fraction of sp³-hybridized carbons (Fsp3) is 0.385. The van der Waals surface area contributed by atoms with Gasteiger partial charge in [-0.15, -0.1) is 0 Å². The van der Waals surface area contributed by atoms with Crippen molar-refractivity contribution in [3.63, 3.8) is 0 Å². The monoisotopic (exact) mass is 234 g/mol. The lowest BCUT2D eigenvalue weighted by Gasteiger charge is -2.14. The Morgan fingerprint density at radius 2 is 1.82 bits per heavy atom. The zero-order valence-electron chi connectivity index (χ0n) is 10.4. The van der Waals surface area contributed by atoms with Crippen molar-refractivity contribution in [3.05, 3.63) is 29.3 Å². The highest BCUT2D eigenvalue weighted by atomic mass is 16.2. The van der Waals surface area contributed by atoms with Gasteiger partial charge in [-0.05, 0) is 25.0 Å². The number of para-hydroxylation sites is 1. The quantitative estimate of drug-likeness (QED) is 0.833. The number of rotatable bonds is 4. The summed E-state index contributed by atoms with van der Waals surface area (Å²) in [5.74, 6) is -1.05. The van der Waals surface area contributed by atoms with Gasteiger partial charge in [0.15, 0.2) is 0 Å². The molecule has 0 bridgehead atoms. The summed E-state index contributed by atoms with van der Waals surface area (Å²) < 4.78 is 0. The highest BCUT2D eigenvalue weighted by Crippen LogP contribution is 2.20. The van der Waals surface area contributed by atoms with Crippen LogP contribution in [0, 0.1) is 19.8 Å². The van der Waals surface area contributed by atoms with Crippen molar-refractivity contribution in [1.82, 2.24) is 0 Å². The van der Waals surface area contributed by atoms with Crippen LogP contribution < -0.4 is 11.1 Å². The Kier molecular flexibility index (Phi) is 4.26. The molecule has 1 rings (SSSR count). The number of nitrogens with one attached hydrogen (secondary N) is 1. The molecular formula is C13H18N2O2. The molecule has 0 aliphatic rings. The maximum absolute atomic E-state index is 11.8. The number of hydrogen-bond donors (Lipinski definition) is 2. The number of primary amides is 1. The van der Waals surface area contributed by atoms with Crippen molar-refractivity contribution in [3.8, 4) is 0 Å². The van der Waals surface area contributed by atoms with Gasteiger partial charge in [0.25, 0.3) is 0 Å². The summed E-state index contributed by atoms with van der Waals surface area (Å²) >= 11 is 0. The van der Waals surface area contributed by atoms with Crippen LogP contribution in [0.1, 0.15) is 24.5 Å². The van der Waals surface area contributed by atoms with E-state index in [2.05, 4.69) is 5.32 Å². The third kappa shape index (κ3) is 3.59. The molecule has 0 saturated heterocycles. The van der Waals surface area contributed by atoms with Crippen molar-refractivity contribution in [2.75, 3.05) is 5.32 Å². The topological polar surface area (TPSA) is 72.2 Å². The van der Waals surface area contributed by atoms with Gasteiger partial charge < -0.3 is 11.1 Å². The molecule has 1 aromatic rings. The Morgan fingerprint density at radius 1 is 1.29 bits per heavy atom. The number of amides is 2. The van der Waals surface area contributed by atoms with Gasteiger partial charge in [0.2, 0.25) is 11.8 Å². The van der Waals surface area contributed by atoms with E-state index in [0.717, 1.165) is 16.8 Å². The van der Waals surface area contributed by atoms with Crippen LogP contribution in [0.3, 0.4) is 0 Å². The number of nitrogens with two attached hydrogens (primary N) is 1. The minimum Gasteiger partial charge on any atom is -0.370 e. The average Bonchev–Trinajstić information content (AvgIpc) is 2.22. The van der Waals surface area contributed by atoms with E-state index in [4.69, 9.17) is 5.73 Å². The predicted octanol–water partition coefficient (Wildman–Crippen LogP) is 1.75. The molecule has 0 radical (unpaired) electrons. The van der Waals surface area contributed by atoms with Crippen LogP contribution in [0.25, 0.3) is 0 Å². The second kappa shape index (κ2) is 5.48. The number of anilines is 1. The van der Waals surface area contributed by atoms with Gasteiger partial charge in [-0.25, -0.2) is 0 Å². The first-order chi connectivity index (χ1) is 7.91. The van der Waals surface area contributed by atoms with Gasteiger partial charge in [0.05, 0.1) is 0 Å². The van der Waals surface area contributed by atoms with Crippen LogP contribution in [0.5, 0.6) is 0 Å². The molecular weight excluding hydrogens is 216 g/mol. The summed E-state index contributed by atoms with van der Waals surface area (Å²) in [7, 11) is 0. The van der Waals surface area contributed by atoms with Crippen molar-refractivity contribution in [2.45, 2.75) is 27.2 Å². The molecule has 0 saturated carbocycles. The maximum Gasteiger partial charge on any atom is 0.227 e. The predicted molar refractivity (Wildman–Crippen MR) is 67.5 cm³/mol. The lowest BCUT2D eigenvalue weighted by molar-refractivity contribution is -0.125. The zero-order chi connectivity index (χ0) is 13.0. The van der Waals surface area contributed by atoms with Gasteiger partial charge in [-0.2, -0.15) is 0 Å². The normalized spacial score (nSPS) is 11.9. The van der Waals surface area contributed by atoms with Crippen LogP contribution in [-0.2, 0) is 9.59 Å². The van der Waals surface area contributed by atoms with Crippen LogP contribution in [0.4, 0.5) is 5.69 Å². The minimum absolute atomic E-state index is 0.0662. The highest BCUT2D eigenvalue weighted by molar-refractivity contribution is 5.95. The SMILES string of the molecule is Cc1cccc(C)c1NC(=O)C(C)CC(N)=O. The first-order valence-corrected chi connectivity index (χ1v) is 5.57. The second-order valence-electron chi connectivity index (χ2n) is 4.33. The van der Waals surface area contributed by atoms with E-state index in [1.54, 1.807) is 6.92 Å². The Labute approximate surface area is 101 Å². The van der Waals surface area contributed by atoms with E-state index < -0.39 is 11.8 Å². The standard InChI is InChI=1S/C13H18N2O2/c1-8-5-4-6-9(2)12(8)15-13(17)10(3)7-11(14)16/h4-6,10H,7H2,1-3H3,(H2,14,16)(H,15,17). The molecule has 1 atom stereocenters. The first-order valence-electron chi connectivity index (χ1n) is 5.57. The van der Waals surface area contributed by atoms with E-state index in [0.29, 0.717) is 0 Å². The van der Waals surface area contributed by atoms with E-state index in [-0.39, 0.29) is 12.3 Å². The fourth-order valence-electron chi connectivity index (χ4n) is 1.65. The lowest BCUT2D eigenvalue weighted by Crippen LogP contribution is -2.26. The number of carbonyl (C=O) groups excluding carboxylic acids is 2. The highest BCUT2D eigenvalue weighted by Gasteiger charge is 2.16. The van der Waals surface area contributed by atoms with Crippen molar-refractivity contribution < 1.29 is 9.59 Å². The molecule has 3 N–H and O–H groups in total. The maximum atomic E-state index is 11.8. The van der Waals surface area contributed by atoms with Crippen molar-refractivity contribution in [2.24, 2.45) is 11.7 Å².